The van der Waals surface area contributed by atoms with Crippen LogP contribution in [0.3, 0.4) is 0 Å². The van der Waals surface area contributed by atoms with Crippen molar-refractivity contribution in [1.29, 1.82) is 0 Å². The maximum Gasteiger partial charge on any atom is 0.299 e. The summed E-state index contributed by atoms with van der Waals surface area (Å²) >= 11 is 0. The molecule has 3 rings (SSSR count). The number of rotatable bonds is 5. The molecule has 6 nitrogen and oxygen atoms in total. The number of nitrogens with two attached hydrogens (primary N) is 2. The fraction of sp³-hybridized carbons (Fsp3) is 0.158. The molecule has 2 aromatic carbocycles. The van der Waals surface area contributed by atoms with Crippen molar-refractivity contribution in [2.75, 3.05) is 16.8 Å². The highest BCUT2D eigenvalue weighted by atomic mass is 16.1. The Hall–Kier alpha value is -3.28. The van der Waals surface area contributed by atoms with Crippen LogP contribution >= 0.6 is 0 Å². The van der Waals surface area contributed by atoms with Crippen molar-refractivity contribution in [3.05, 3.63) is 76.1 Å². The van der Waals surface area contributed by atoms with Gasteiger partial charge in [0.2, 0.25) is 5.95 Å². The summed E-state index contributed by atoms with van der Waals surface area (Å²) in [7, 11) is 0. The molecule has 0 spiro atoms. The first-order valence-electron chi connectivity index (χ1n) is 8.14. The predicted octanol–water partition coefficient (Wildman–Crippen LogP) is 2.76. The van der Waals surface area contributed by atoms with Crippen molar-refractivity contribution in [2.45, 2.75) is 19.9 Å². The summed E-state index contributed by atoms with van der Waals surface area (Å²) < 4.78 is 1.72. The average Bonchev–Trinajstić information content (AvgIpc) is 2.64. The Morgan fingerprint density at radius 1 is 1.04 bits per heavy atom. The maximum absolute atomic E-state index is 12.0. The van der Waals surface area contributed by atoms with Crippen LogP contribution in [0.15, 0.2) is 59.4 Å². The van der Waals surface area contributed by atoms with Crippen LogP contribution in [0.25, 0.3) is 0 Å². The Morgan fingerprint density at radius 2 is 1.72 bits per heavy atom. The van der Waals surface area contributed by atoms with E-state index in [4.69, 9.17) is 11.5 Å². The van der Waals surface area contributed by atoms with E-state index in [1.807, 2.05) is 54.6 Å². The van der Waals surface area contributed by atoms with Gasteiger partial charge < -0.3 is 16.8 Å². The van der Waals surface area contributed by atoms with Gasteiger partial charge in [0.15, 0.2) is 0 Å². The number of nitrogens with zero attached hydrogens (tertiary/aromatic N) is 2. The van der Waals surface area contributed by atoms with Crippen molar-refractivity contribution in [1.82, 2.24) is 9.55 Å². The van der Waals surface area contributed by atoms with Gasteiger partial charge in [-0.15, -0.1) is 0 Å². The predicted molar refractivity (Wildman–Crippen MR) is 102 cm³/mol. The molecule has 0 bridgehead atoms. The molecular weight excluding hydrogens is 314 g/mol. The van der Waals surface area contributed by atoms with Crippen LogP contribution in [0.2, 0.25) is 0 Å². The Labute approximate surface area is 146 Å². The molecule has 0 aliphatic carbocycles. The van der Waals surface area contributed by atoms with E-state index in [1.54, 1.807) is 4.57 Å². The Kier molecular flexibility index (Phi) is 4.70. The van der Waals surface area contributed by atoms with Crippen LogP contribution in [0, 0.1) is 0 Å². The highest BCUT2D eigenvalue weighted by molar-refractivity contribution is 5.65. The third kappa shape index (κ3) is 3.47. The molecule has 0 unspecified atom stereocenters. The van der Waals surface area contributed by atoms with E-state index in [1.165, 1.54) is 0 Å². The van der Waals surface area contributed by atoms with Crippen LogP contribution in [0.1, 0.15) is 18.1 Å². The molecule has 0 saturated heterocycles. The number of nitrogens with one attached hydrogen (secondary N) is 1. The first-order valence-corrected chi connectivity index (χ1v) is 8.14. The Balaban J connectivity index is 2.07. The summed E-state index contributed by atoms with van der Waals surface area (Å²) in [6.45, 7) is 2.53. The maximum atomic E-state index is 12.0. The number of nitrogen functional groups attached to an aromatic ring is 2. The molecule has 6 heteroatoms. The third-order valence-corrected chi connectivity index (χ3v) is 4.09. The highest BCUT2D eigenvalue weighted by Crippen LogP contribution is 2.23. The first kappa shape index (κ1) is 16.6. The second kappa shape index (κ2) is 7.09. The van der Waals surface area contributed by atoms with Gasteiger partial charge in [0, 0.05) is 5.69 Å². The minimum atomic E-state index is -0.529. The first-order chi connectivity index (χ1) is 12.1. The van der Waals surface area contributed by atoms with E-state index >= 15 is 0 Å². The second-order valence-corrected chi connectivity index (χ2v) is 5.75. The lowest BCUT2D eigenvalue weighted by atomic mass is 10.1. The van der Waals surface area contributed by atoms with Crippen LogP contribution in [-0.4, -0.2) is 9.55 Å². The van der Waals surface area contributed by atoms with Crippen molar-refractivity contribution in [3.8, 4) is 0 Å². The van der Waals surface area contributed by atoms with Gasteiger partial charge >= 0.3 is 0 Å². The smallest absolute Gasteiger partial charge is 0.299 e. The zero-order valence-electron chi connectivity index (χ0n) is 14.1. The number of hydrogen-bond acceptors (Lipinski definition) is 5. The van der Waals surface area contributed by atoms with Gasteiger partial charge in [0.1, 0.15) is 11.5 Å². The molecule has 1 aromatic heterocycles. The van der Waals surface area contributed by atoms with E-state index in [-0.39, 0.29) is 11.5 Å². The van der Waals surface area contributed by atoms with Crippen LogP contribution in [0.5, 0.6) is 0 Å². The minimum Gasteiger partial charge on any atom is -0.391 e. The van der Waals surface area contributed by atoms with E-state index in [9.17, 15) is 4.79 Å². The summed E-state index contributed by atoms with van der Waals surface area (Å²) in [4.78, 5) is 16.1. The van der Waals surface area contributed by atoms with E-state index < -0.39 is 5.56 Å². The number of para-hydroxylation sites is 1. The molecule has 0 fully saturated rings. The largest absolute Gasteiger partial charge is 0.391 e. The number of hydrogen-bond donors (Lipinski definition) is 3. The van der Waals surface area contributed by atoms with E-state index in [0.29, 0.717) is 12.5 Å². The highest BCUT2D eigenvalue weighted by Gasteiger charge is 2.14. The summed E-state index contributed by atoms with van der Waals surface area (Å²) in [6.07, 6.45) is 0.858. The van der Waals surface area contributed by atoms with Gasteiger partial charge in [-0.05, 0) is 23.6 Å². The molecule has 128 valence electrons. The zero-order valence-corrected chi connectivity index (χ0v) is 14.1. The molecule has 0 radical (unpaired) electrons. The van der Waals surface area contributed by atoms with Crippen molar-refractivity contribution in [2.24, 2.45) is 0 Å². The second-order valence-electron chi connectivity index (χ2n) is 5.75. The summed E-state index contributed by atoms with van der Waals surface area (Å²) in [5.74, 6) is 0.585. The van der Waals surface area contributed by atoms with Crippen LogP contribution in [0.4, 0.5) is 23.1 Å². The Bertz CT molecular complexity index is 934. The van der Waals surface area contributed by atoms with Crippen molar-refractivity contribution < 1.29 is 0 Å². The van der Waals surface area contributed by atoms with Crippen molar-refractivity contribution >= 4 is 23.1 Å². The lowest BCUT2D eigenvalue weighted by molar-refractivity contribution is 0.788. The van der Waals surface area contributed by atoms with Gasteiger partial charge in [-0.1, -0.05) is 55.5 Å². The van der Waals surface area contributed by atoms with Crippen LogP contribution in [-0.2, 0) is 13.0 Å². The Morgan fingerprint density at radius 3 is 2.44 bits per heavy atom. The molecule has 0 saturated carbocycles. The topological polar surface area (TPSA) is 99.0 Å². The molecule has 0 aliphatic heterocycles. The number of benzene rings is 2. The lowest BCUT2D eigenvalue weighted by Crippen LogP contribution is -2.24. The zero-order chi connectivity index (χ0) is 17.8. The van der Waals surface area contributed by atoms with Gasteiger partial charge in [-0.2, -0.15) is 4.98 Å². The normalized spacial score (nSPS) is 10.6. The van der Waals surface area contributed by atoms with E-state index in [2.05, 4.69) is 17.2 Å². The third-order valence-electron chi connectivity index (χ3n) is 4.09. The van der Waals surface area contributed by atoms with Gasteiger partial charge in [0.05, 0.1) is 6.54 Å². The number of aryl methyl sites for hydroxylation is 1. The quantitative estimate of drug-likeness (QED) is 0.666. The fourth-order valence-electron chi connectivity index (χ4n) is 2.68. The lowest BCUT2D eigenvalue weighted by Gasteiger charge is -2.19. The molecule has 0 atom stereocenters. The molecule has 0 amide bonds. The molecule has 25 heavy (non-hydrogen) atoms. The molecular formula is C19H21N5O. The minimum absolute atomic E-state index is 0.0368. The average molecular weight is 335 g/mol. The molecule has 0 aliphatic rings. The van der Waals surface area contributed by atoms with E-state index in [0.717, 1.165) is 23.2 Å². The molecule has 3 aromatic rings. The molecule has 5 N–H and O–H groups in total. The molecule has 1 heterocycles. The fourth-order valence-corrected chi connectivity index (χ4v) is 2.68. The summed E-state index contributed by atoms with van der Waals surface area (Å²) in [6, 6.07) is 17.7. The number of aromatic nitrogens is 2. The monoisotopic (exact) mass is 335 g/mol. The SMILES string of the molecule is CCc1ccccc1Nc1nc(=O)c(N)c(N)n1Cc1ccccc1. The van der Waals surface area contributed by atoms with Crippen LogP contribution < -0.4 is 22.3 Å². The summed E-state index contributed by atoms with van der Waals surface area (Å²) in [5.41, 5.74) is 14.4. The number of anilines is 4. The van der Waals surface area contributed by atoms with Crippen molar-refractivity contribution in [3.63, 3.8) is 0 Å². The standard InChI is InChI=1S/C19H21N5O/c1-2-14-10-6-7-11-15(14)22-19-23-18(25)16(20)17(21)24(19)12-13-8-4-3-5-9-13/h3-11H,2,12,20-21H2,1H3,(H,22,23,25). The van der Waals surface area contributed by atoms with Gasteiger partial charge in [0.25, 0.3) is 5.56 Å². The summed E-state index contributed by atoms with van der Waals surface area (Å²) in [5, 5.41) is 3.24. The van der Waals surface area contributed by atoms with Gasteiger partial charge in [-0.25, -0.2) is 0 Å². The van der Waals surface area contributed by atoms with Gasteiger partial charge in [-0.3, -0.25) is 9.36 Å².